The van der Waals surface area contributed by atoms with Crippen molar-refractivity contribution >= 4 is 29.2 Å². The predicted molar refractivity (Wildman–Crippen MR) is 99.8 cm³/mol. The van der Waals surface area contributed by atoms with E-state index in [1.807, 2.05) is 35.4 Å². The van der Waals surface area contributed by atoms with Crippen LogP contribution in [0.5, 0.6) is 0 Å². The lowest BCUT2D eigenvalue weighted by atomic mass is 9.95. The highest BCUT2D eigenvalue weighted by Crippen LogP contribution is 2.29. The Morgan fingerprint density at radius 1 is 1.22 bits per heavy atom. The first-order valence-corrected chi connectivity index (χ1v) is 9.88. The Morgan fingerprint density at radius 2 is 1.96 bits per heavy atom. The van der Waals surface area contributed by atoms with Gasteiger partial charge in [-0.25, -0.2) is 4.98 Å². The number of nitrogens with one attached hydrogen (secondary N) is 2. The van der Waals surface area contributed by atoms with E-state index in [0.29, 0.717) is 31.7 Å². The summed E-state index contributed by atoms with van der Waals surface area (Å²) >= 11 is 1.61. The van der Waals surface area contributed by atoms with Crippen molar-refractivity contribution in [2.24, 2.45) is 5.92 Å². The van der Waals surface area contributed by atoms with Crippen LogP contribution in [0.1, 0.15) is 18.4 Å². The van der Waals surface area contributed by atoms with E-state index in [2.05, 4.69) is 10.3 Å². The minimum atomic E-state index is -4.35. The van der Waals surface area contributed by atoms with Gasteiger partial charge in [0.25, 0.3) is 5.82 Å². The molecular weight excluding hydrogens is 375 g/mol. The molecule has 1 aliphatic rings. The van der Waals surface area contributed by atoms with Crippen molar-refractivity contribution in [3.63, 3.8) is 0 Å². The molecule has 0 radical (unpaired) electrons. The average Bonchev–Trinajstić information content (AvgIpc) is 2.67. The lowest BCUT2D eigenvalue weighted by molar-refractivity contribution is -0.367. The molecule has 1 amide bonds. The number of benzene rings is 1. The first kappa shape index (κ1) is 19.5. The number of rotatable bonds is 4. The van der Waals surface area contributed by atoms with Crippen LogP contribution in [0.2, 0.25) is 0 Å². The number of thioether (sulfide) groups is 1. The first-order chi connectivity index (χ1) is 12.9. The molecule has 2 aromatic rings. The van der Waals surface area contributed by atoms with Gasteiger partial charge in [-0.3, -0.25) is 9.69 Å². The van der Waals surface area contributed by atoms with E-state index in [0.717, 1.165) is 22.8 Å². The summed E-state index contributed by atoms with van der Waals surface area (Å²) in [6, 6.07) is 10.2. The fraction of sp³-hybridized carbons (Fsp3) is 0.368. The van der Waals surface area contributed by atoms with Gasteiger partial charge in [0.15, 0.2) is 0 Å². The maximum Gasteiger partial charge on any atom is 0.419 e. The molecule has 0 spiro atoms. The lowest BCUT2D eigenvalue weighted by Crippen LogP contribution is -2.40. The van der Waals surface area contributed by atoms with Crippen molar-refractivity contribution in [2.75, 3.05) is 29.6 Å². The Balaban J connectivity index is 1.55. The number of carbonyl (C=O) groups excluding carboxylic acids is 1. The van der Waals surface area contributed by atoms with Crippen molar-refractivity contribution in [3.05, 3.63) is 48.2 Å². The molecule has 1 aromatic carbocycles. The van der Waals surface area contributed by atoms with E-state index in [9.17, 15) is 18.0 Å². The number of H-pyrrole nitrogens is 1. The van der Waals surface area contributed by atoms with Gasteiger partial charge in [0, 0.05) is 22.6 Å². The van der Waals surface area contributed by atoms with Gasteiger partial charge in [-0.1, -0.05) is 6.07 Å². The fourth-order valence-electron chi connectivity index (χ4n) is 3.12. The number of piperidine rings is 1. The molecule has 3 rings (SSSR count). The third kappa shape index (κ3) is 4.94. The fourth-order valence-corrected chi connectivity index (χ4v) is 3.58. The standard InChI is InChI=1S/C19H20F3N3OS/c1-27-16-4-2-3-15(11-16)24-18(26)13-7-9-25(10-8-13)17-6-5-14(12-23-17)19(20,21)22/h2-6,11-13H,7-10H2,1H3,(H,24,26)/p+1. The Hall–Kier alpha value is -2.22. The van der Waals surface area contributed by atoms with Gasteiger partial charge in [-0.15, -0.1) is 11.8 Å². The van der Waals surface area contributed by atoms with Crippen LogP contribution in [0.3, 0.4) is 0 Å². The molecule has 0 bridgehead atoms. The molecule has 0 unspecified atom stereocenters. The lowest BCUT2D eigenvalue weighted by Gasteiger charge is -2.27. The number of aromatic amines is 1. The van der Waals surface area contributed by atoms with Crippen LogP contribution in [0, 0.1) is 5.92 Å². The van der Waals surface area contributed by atoms with Gasteiger partial charge in [0.05, 0.1) is 18.7 Å². The van der Waals surface area contributed by atoms with Crippen LogP contribution >= 0.6 is 11.8 Å². The van der Waals surface area contributed by atoms with Gasteiger partial charge in [0.2, 0.25) is 5.91 Å². The van der Waals surface area contributed by atoms with Gasteiger partial charge in [0.1, 0.15) is 6.20 Å². The summed E-state index contributed by atoms with van der Waals surface area (Å²) < 4.78 is 37.9. The first-order valence-electron chi connectivity index (χ1n) is 8.65. The number of alkyl halides is 3. The van der Waals surface area contributed by atoms with Crippen molar-refractivity contribution in [2.45, 2.75) is 23.9 Å². The van der Waals surface area contributed by atoms with Gasteiger partial charge in [-0.05, 0) is 43.4 Å². The summed E-state index contributed by atoms with van der Waals surface area (Å²) in [5, 5.41) is 2.96. The minimum Gasteiger partial charge on any atom is -0.326 e. The van der Waals surface area contributed by atoms with E-state index in [1.54, 1.807) is 11.8 Å². The molecule has 8 heteroatoms. The molecule has 0 aliphatic carbocycles. The smallest absolute Gasteiger partial charge is 0.326 e. The van der Waals surface area contributed by atoms with Crippen LogP contribution in [0.15, 0.2) is 47.5 Å². The Bertz CT molecular complexity index is 788. The number of anilines is 2. The molecule has 1 aliphatic heterocycles. The molecule has 0 saturated carbocycles. The van der Waals surface area contributed by atoms with Crippen molar-refractivity contribution < 1.29 is 22.9 Å². The zero-order chi connectivity index (χ0) is 19.4. The molecule has 1 aromatic heterocycles. The maximum atomic E-state index is 12.6. The summed E-state index contributed by atoms with van der Waals surface area (Å²) in [5.74, 6) is 0.521. The number of pyridine rings is 1. The van der Waals surface area contributed by atoms with Gasteiger partial charge in [-0.2, -0.15) is 13.2 Å². The number of hydrogen-bond acceptors (Lipinski definition) is 3. The van der Waals surface area contributed by atoms with E-state index in [1.165, 1.54) is 6.07 Å². The third-order valence-electron chi connectivity index (χ3n) is 4.67. The number of carbonyl (C=O) groups is 1. The summed E-state index contributed by atoms with van der Waals surface area (Å²) in [6.07, 6.45) is -0.0820. The van der Waals surface area contributed by atoms with Crippen molar-refractivity contribution in [1.29, 1.82) is 0 Å². The van der Waals surface area contributed by atoms with E-state index in [4.69, 9.17) is 0 Å². The van der Waals surface area contributed by atoms with Crippen LogP contribution in [-0.4, -0.2) is 25.3 Å². The number of amides is 1. The Kier molecular flexibility index (Phi) is 5.94. The highest BCUT2D eigenvalue weighted by Gasteiger charge is 2.33. The Morgan fingerprint density at radius 3 is 2.56 bits per heavy atom. The minimum absolute atomic E-state index is 0.00991. The number of hydrogen-bond donors (Lipinski definition) is 1. The molecule has 1 fully saturated rings. The average molecular weight is 396 g/mol. The second kappa shape index (κ2) is 8.21. The van der Waals surface area contributed by atoms with Crippen molar-refractivity contribution in [1.82, 2.24) is 0 Å². The van der Waals surface area contributed by atoms with Crippen LogP contribution < -0.4 is 15.2 Å². The molecule has 144 valence electrons. The Labute approximate surface area is 160 Å². The molecule has 1 saturated heterocycles. The highest BCUT2D eigenvalue weighted by molar-refractivity contribution is 7.98. The SMILES string of the molecule is CSc1cccc(NC(=O)C2CCN(c3ccc(C(F)(F)F)c[nH+]3)CC2)c1. The number of halogens is 3. The van der Waals surface area contributed by atoms with Crippen LogP contribution in [0.25, 0.3) is 0 Å². The normalized spacial score (nSPS) is 15.6. The largest absolute Gasteiger partial charge is 0.419 e. The van der Waals surface area contributed by atoms with Gasteiger partial charge >= 0.3 is 6.18 Å². The van der Waals surface area contributed by atoms with Crippen LogP contribution in [-0.2, 0) is 11.0 Å². The zero-order valence-corrected chi connectivity index (χ0v) is 15.7. The molecular formula is C19H21F3N3OS+. The molecule has 27 heavy (non-hydrogen) atoms. The summed E-state index contributed by atoms with van der Waals surface area (Å²) in [4.78, 5) is 18.3. The van der Waals surface area contributed by atoms with E-state index in [-0.39, 0.29) is 11.8 Å². The second-order valence-corrected chi connectivity index (χ2v) is 7.32. The number of nitrogens with zero attached hydrogens (tertiary/aromatic N) is 1. The van der Waals surface area contributed by atoms with E-state index < -0.39 is 11.7 Å². The van der Waals surface area contributed by atoms with E-state index >= 15 is 0 Å². The van der Waals surface area contributed by atoms with Crippen LogP contribution in [0.4, 0.5) is 24.7 Å². The monoisotopic (exact) mass is 396 g/mol. The van der Waals surface area contributed by atoms with Crippen molar-refractivity contribution in [3.8, 4) is 0 Å². The predicted octanol–water partition coefficient (Wildman–Crippen LogP) is 4.10. The van der Waals surface area contributed by atoms with Gasteiger partial charge < -0.3 is 5.32 Å². The number of aromatic nitrogens is 1. The topological polar surface area (TPSA) is 46.5 Å². The molecule has 0 atom stereocenters. The molecule has 4 nitrogen and oxygen atoms in total. The zero-order valence-electron chi connectivity index (χ0n) is 14.8. The molecule has 2 N–H and O–H groups in total. The quantitative estimate of drug-likeness (QED) is 0.792. The highest BCUT2D eigenvalue weighted by atomic mass is 32.2. The maximum absolute atomic E-state index is 12.6. The summed E-state index contributed by atoms with van der Waals surface area (Å²) in [5.41, 5.74) is 0.0818. The molecule has 2 heterocycles. The summed E-state index contributed by atoms with van der Waals surface area (Å²) in [7, 11) is 0. The summed E-state index contributed by atoms with van der Waals surface area (Å²) in [6.45, 7) is 1.23. The second-order valence-electron chi connectivity index (χ2n) is 6.44. The third-order valence-corrected chi connectivity index (χ3v) is 5.39.